The molecular formula is C26H33N3O5S. The maximum absolute atomic E-state index is 13.1. The van der Waals surface area contributed by atoms with Crippen molar-refractivity contribution < 1.29 is 22.7 Å². The van der Waals surface area contributed by atoms with Crippen LogP contribution in [-0.2, 0) is 21.2 Å². The Balaban J connectivity index is 1.26. The van der Waals surface area contributed by atoms with Gasteiger partial charge >= 0.3 is 0 Å². The Hall–Kier alpha value is -2.91. The Kier molecular flexibility index (Phi) is 8.07. The molecule has 2 N–H and O–H groups in total. The van der Waals surface area contributed by atoms with E-state index in [0.717, 1.165) is 37.7 Å². The molecule has 9 heteroatoms. The fraction of sp³-hybridized carbons (Fsp3) is 0.462. The van der Waals surface area contributed by atoms with Gasteiger partial charge in [-0.25, -0.2) is 8.42 Å². The molecule has 2 aliphatic rings. The highest BCUT2D eigenvalue weighted by molar-refractivity contribution is 7.89. The lowest BCUT2D eigenvalue weighted by atomic mass is 10.1. The highest BCUT2D eigenvalue weighted by Crippen LogP contribution is 2.25. The van der Waals surface area contributed by atoms with E-state index in [1.807, 2.05) is 19.1 Å². The highest BCUT2D eigenvalue weighted by Gasteiger charge is 2.31. The normalized spacial score (nSPS) is 18.6. The number of hydrogen-bond donors (Lipinski definition) is 2. The second-order valence-electron chi connectivity index (χ2n) is 9.27. The number of rotatable bonds is 10. The van der Waals surface area contributed by atoms with Crippen molar-refractivity contribution in [2.45, 2.75) is 62.4 Å². The van der Waals surface area contributed by atoms with Gasteiger partial charge in [0, 0.05) is 30.7 Å². The second-order valence-corrected chi connectivity index (χ2v) is 11.2. The standard InChI is InChI=1S/C26H33N3O5S/c1-19-5-2-3-16-29(19)35(32,33)24-7-4-6-21(17-24)26(31)27-15-14-20-8-12-23(13-9-20)34-18-25(30)28-22-10-11-22/h4,6-9,12-13,17,19,22H,2-3,5,10-11,14-16,18H2,1H3,(H,27,31)(H,28,30). The van der Waals surface area contributed by atoms with Crippen LogP contribution in [0.5, 0.6) is 5.75 Å². The minimum atomic E-state index is -3.63. The van der Waals surface area contributed by atoms with E-state index in [-0.39, 0.29) is 29.4 Å². The second kappa shape index (κ2) is 11.2. The summed E-state index contributed by atoms with van der Waals surface area (Å²) in [6.07, 6.45) is 5.42. The number of ether oxygens (including phenoxy) is 1. The Labute approximate surface area is 207 Å². The summed E-state index contributed by atoms with van der Waals surface area (Å²) in [4.78, 5) is 24.5. The Morgan fingerprint density at radius 1 is 1.06 bits per heavy atom. The van der Waals surface area contributed by atoms with Gasteiger partial charge < -0.3 is 15.4 Å². The molecule has 2 aromatic carbocycles. The quantitative estimate of drug-likeness (QED) is 0.523. The van der Waals surface area contributed by atoms with E-state index in [0.29, 0.717) is 36.9 Å². The van der Waals surface area contributed by atoms with Crippen molar-refractivity contribution in [3.05, 3.63) is 59.7 Å². The van der Waals surface area contributed by atoms with Crippen LogP contribution in [0.25, 0.3) is 0 Å². The number of piperidine rings is 1. The summed E-state index contributed by atoms with van der Waals surface area (Å²) in [7, 11) is -3.63. The van der Waals surface area contributed by atoms with E-state index in [1.165, 1.54) is 6.07 Å². The average molecular weight is 500 g/mol. The van der Waals surface area contributed by atoms with Gasteiger partial charge in [0.2, 0.25) is 10.0 Å². The summed E-state index contributed by atoms with van der Waals surface area (Å²) < 4.78 is 33.2. The fourth-order valence-corrected chi connectivity index (χ4v) is 5.93. The van der Waals surface area contributed by atoms with Crippen molar-refractivity contribution in [3.63, 3.8) is 0 Å². The summed E-state index contributed by atoms with van der Waals surface area (Å²) in [5, 5.41) is 5.74. The number of hydrogen-bond acceptors (Lipinski definition) is 5. The molecule has 1 unspecified atom stereocenters. The van der Waals surface area contributed by atoms with E-state index in [1.54, 1.807) is 34.6 Å². The number of carbonyl (C=O) groups excluding carboxylic acids is 2. The molecule has 1 atom stereocenters. The van der Waals surface area contributed by atoms with Crippen LogP contribution in [-0.4, -0.2) is 56.3 Å². The Bertz CT molecular complexity index is 1150. The number of nitrogens with one attached hydrogen (secondary N) is 2. The van der Waals surface area contributed by atoms with Gasteiger partial charge in [0.1, 0.15) is 5.75 Å². The fourth-order valence-electron chi connectivity index (χ4n) is 4.18. The Morgan fingerprint density at radius 3 is 2.54 bits per heavy atom. The van der Waals surface area contributed by atoms with Crippen LogP contribution in [0.2, 0.25) is 0 Å². The van der Waals surface area contributed by atoms with Crippen LogP contribution in [0.4, 0.5) is 0 Å². The third kappa shape index (κ3) is 6.82. The van der Waals surface area contributed by atoms with Gasteiger partial charge in [-0.1, -0.05) is 24.6 Å². The van der Waals surface area contributed by atoms with E-state index in [2.05, 4.69) is 10.6 Å². The molecular weight excluding hydrogens is 466 g/mol. The van der Waals surface area contributed by atoms with E-state index >= 15 is 0 Å². The molecule has 1 heterocycles. The van der Waals surface area contributed by atoms with Crippen LogP contribution < -0.4 is 15.4 Å². The molecule has 0 bridgehead atoms. The number of amides is 2. The molecule has 1 aliphatic heterocycles. The summed E-state index contributed by atoms with van der Waals surface area (Å²) in [5.74, 6) is 0.196. The monoisotopic (exact) mass is 499 g/mol. The maximum atomic E-state index is 13.1. The number of carbonyl (C=O) groups is 2. The molecule has 1 aliphatic carbocycles. The zero-order valence-electron chi connectivity index (χ0n) is 20.0. The summed E-state index contributed by atoms with van der Waals surface area (Å²) >= 11 is 0. The Morgan fingerprint density at radius 2 is 1.83 bits per heavy atom. The van der Waals surface area contributed by atoms with Gasteiger partial charge in [-0.05, 0) is 74.9 Å². The third-order valence-electron chi connectivity index (χ3n) is 6.38. The zero-order valence-corrected chi connectivity index (χ0v) is 20.9. The van der Waals surface area contributed by atoms with Crippen molar-refractivity contribution in [1.82, 2.24) is 14.9 Å². The molecule has 1 saturated heterocycles. The molecule has 188 valence electrons. The SMILES string of the molecule is CC1CCCCN1S(=O)(=O)c1cccc(C(=O)NCCc2ccc(OCC(=O)NC3CC3)cc2)c1. The maximum Gasteiger partial charge on any atom is 0.258 e. The summed E-state index contributed by atoms with van der Waals surface area (Å²) in [5.41, 5.74) is 1.33. The highest BCUT2D eigenvalue weighted by atomic mass is 32.2. The number of nitrogens with zero attached hydrogens (tertiary/aromatic N) is 1. The average Bonchev–Trinajstić information content (AvgIpc) is 3.67. The van der Waals surface area contributed by atoms with Gasteiger partial charge in [0.25, 0.3) is 11.8 Å². The topological polar surface area (TPSA) is 105 Å². The summed E-state index contributed by atoms with van der Waals surface area (Å²) in [6, 6.07) is 13.9. The van der Waals surface area contributed by atoms with Crippen molar-refractivity contribution in [2.24, 2.45) is 0 Å². The van der Waals surface area contributed by atoms with Crippen molar-refractivity contribution >= 4 is 21.8 Å². The first-order chi connectivity index (χ1) is 16.8. The molecule has 35 heavy (non-hydrogen) atoms. The minimum Gasteiger partial charge on any atom is -0.484 e. The van der Waals surface area contributed by atoms with Crippen LogP contribution >= 0.6 is 0 Å². The summed E-state index contributed by atoms with van der Waals surface area (Å²) in [6.45, 7) is 2.84. The van der Waals surface area contributed by atoms with Crippen molar-refractivity contribution in [3.8, 4) is 5.75 Å². The van der Waals surface area contributed by atoms with Gasteiger partial charge in [-0.15, -0.1) is 0 Å². The predicted molar refractivity (Wildman–Crippen MR) is 133 cm³/mol. The van der Waals surface area contributed by atoms with Crippen LogP contribution in [0.3, 0.4) is 0 Å². The molecule has 0 spiro atoms. The molecule has 2 amide bonds. The van der Waals surface area contributed by atoms with Crippen LogP contribution in [0, 0.1) is 0 Å². The molecule has 1 saturated carbocycles. The largest absolute Gasteiger partial charge is 0.484 e. The van der Waals surface area contributed by atoms with Crippen LogP contribution in [0.15, 0.2) is 53.4 Å². The molecule has 2 aromatic rings. The molecule has 8 nitrogen and oxygen atoms in total. The number of benzene rings is 2. The first kappa shape index (κ1) is 25.2. The molecule has 2 fully saturated rings. The van der Waals surface area contributed by atoms with Gasteiger partial charge in [-0.3, -0.25) is 9.59 Å². The van der Waals surface area contributed by atoms with E-state index in [9.17, 15) is 18.0 Å². The lowest BCUT2D eigenvalue weighted by molar-refractivity contribution is -0.123. The minimum absolute atomic E-state index is 0.00262. The first-order valence-electron chi connectivity index (χ1n) is 12.2. The van der Waals surface area contributed by atoms with Gasteiger partial charge in [0.05, 0.1) is 4.90 Å². The van der Waals surface area contributed by atoms with Crippen LogP contribution in [0.1, 0.15) is 54.9 Å². The first-order valence-corrected chi connectivity index (χ1v) is 13.7. The van der Waals surface area contributed by atoms with Crippen molar-refractivity contribution in [2.75, 3.05) is 19.7 Å². The lowest BCUT2D eigenvalue weighted by Crippen LogP contribution is -2.42. The third-order valence-corrected chi connectivity index (χ3v) is 8.39. The predicted octanol–water partition coefficient (Wildman–Crippen LogP) is 2.88. The molecule has 4 rings (SSSR count). The van der Waals surface area contributed by atoms with E-state index in [4.69, 9.17) is 4.74 Å². The lowest BCUT2D eigenvalue weighted by Gasteiger charge is -2.32. The smallest absolute Gasteiger partial charge is 0.258 e. The number of sulfonamides is 1. The van der Waals surface area contributed by atoms with Crippen molar-refractivity contribution in [1.29, 1.82) is 0 Å². The van der Waals surface area contributed by atoms with Gasteiger partial charge in [-0.2, -0.15) is 4.31 Å². The zero-order chi connectivity index (χ0) is 24.8. The molecule has 0 aromatic heterocycles. The van der Waals surface area contributed by atoms with E-state index < -0.39 is 10.0 Å². The molecule has 0 radical (unpaired) electrons. The van der Waals surface area contributed by atoms with Gasteiger partial charge in [0.15, 0.2) is 6.61 Å².